The molecule has 25 heavy (non-hydrogen) atoms. The summed E-state index contributed by atoms with van der Waals surface area (Å²) in [6.45, 7) is 4.51. The number of hydrogen-bond acceptors (Lipinski definition) is 4. The van der Waals surface area contributed by atoms with Crippen molar-refractivity contribution in [2.45, 2.75) is 26.5 Å². The average Bonchev–Trinajstić information content (AvgIpc) is 2.60. The Morgan fingerprint density at radius 3 is 2.60 bits per heavy atom. The normalized spacial score (nSPS) is 12.1. The highest BCUT2D eigenvalue weighted by atomic mass is 35.5. The Hall–Kier alpha value is -1.82. The Balaban J connectivity index is 0.00000288. The van der Waals surface area contributed by atoms with Gasteiger partial charge in [-0.05, 0) is 36.8 Å². The van der Waals surface area contributed by atoms with Gasteiger partial charge in [-0.1, -0.05) is 25.1 Å². The minimum absolute atomic E-state index is 0. The molecular weight excluding hydrogens is 361 g/mol. The molecule has 0 saturated heterocycles. The Bertz CT molecular complexity index is 641. The molecule has 1 aromatic heterocycles. The predicted molar refractivity (Wildman–Crippen MR) is 104 cm³/mol. The van der Waals surface area contributed by atoms with Crippen molar-refractivity contribution in [3.63, 3.8) is 0 Å². The van der Waals surface area contributed by atoms with E-state index in [0.717, 1.165) is 17.0 Å². The minimum Gasteiger partial charge on any atom is -0.487 e. The molecule has 0 bridgehead atoms. The predicted octanol–water partition coefficient (Wildman–Crippen LogP) is 3.28. The molecule has 0 aliphatic rings. The Morgan fingerprint density at radius 2 is 1.96 bits per heavy atom. The van der Waals surface area contributed by atoms with Crippen molar-refractivity contribution in [3.05, 3.63) is 59.9 Å². The van der Waals surface area contributed by atoms with E-state index in [1.165, 1.54) is 0 Å². The zero-order valence-corrected chi connectivity index (χ0v) is 16.0. The molecule has 0 spiro atoms. The number of rotatable bonds is 7. The molecule has 3 N–H and O–H groups in total. The number of nitrogens with zero attached hydrogens (tertiary/aromatic N) is 1. The number of nitrogens with one attached hydrogen (secondary N) is 1. The third-order valence-corrected chi connectivity index (χ3v) is 3.63. The monoisotopic (exact) mass is 385 g/mol. The van der Waals surface area contributed by atoms with Crippen LogP contribution in [0.5, 0.6) is 5.75 Å². The van der Waals surface area contributed by atoms with Gasteiger partial charge in [0.05, 0.1) is 11.7 Å². The molecule has 0 aliphatic heterocycles. The van der Waals surface area contributed by atoms with Gasteiger partial charge < -0.3 is 15.8 Å². The fourth-order valence-electron chi connectivity index (χ4n) is 2.06. The first-order valence-corrected chi connectivity index (χ1v) is 7.73. The summed E-state index contributed by atoms with van der Waals surface area (Å²) in [5.74, 6) is 0.516. The average molecular weight is 386 g/mol. The molecule has 2 aromatic rings. The smallest absolute Gasteiger partial charge is 0.224 e. The summed E-state index contributed by atoms with van der Waals surface area (Å²) in [7, 11) is 0. The maximum Gasteiger partial charge on any atom is 0.224 e. The molecule has 0 aliphatic carbocycles. The third-order valence-electron chi connectivity index (χ3n) is 3.63. The van der Waals surface area contributed by atoms with Crippen LogP contribution in [0.3, 0.4) is 0 Å². The van der Waals surface area contributed by atoms with E-state index in [1.54, 1.807) is 6.20 Å². The quantitative estimate of drug-likeness (QED) is 0.766. The van der Waals surface area contributed by atoms with Crippen LogP contribution in [0.4, 0.5) is 0 Å². The highest BCUT2D eigenvalue weighted by molar-refractivity contribution is 5.85. The van der Waals surface area contributed by atoms with Crippen molar-refractivity contribution in [3.8, 4) is 5.75 Å². The SMILES string of the molecule is CC(CN)C(=O)NC(C)c1cccc(OCc2ccccn2)c1.Cl.Cl. The van der Waals surface area contributed by atoms with E-state index in [1.807, 2.05) is 56.3 Å². The highest BCUT2D eigenvalue weighted by Gasteiger charge is 2.15. The van der Waals surface area contributed by atoms with Gasteiger partial charge >= 0.3 is 0 Å². The van der Waals surface area contributed by atoms with E-state index in [4.69, 9.17) is 10.5 Å². The van der Waals surface area contributed by atoms with E-state index < -0.39 is 0 Å². The number of carbonyl (C=O) groups excluding carboxylic acids is 1. The molecule has 0 radical (unpaired) electrons. The molecule has 5 nitrogen and oxygen atoms in total. The zero-order chi connectivity index (χ0) is 16.7. The lowest BCUT2D eigenvalue weighted by atomic mass is 10.1. The molecule has 1 amide bonds. The van der Waals surface area contributed by atoms with Gasteiger partial charge in [0.25, 0.3) is 0 Å². The van der Waals surface area contributed by atoms with Crippen molar-refractivity contribution in [2.75, 3.05) is 6.54 Å². The first-order valence-electron chi connectivity index (χ1n) is 7.73. The Labute approximate surface area is 161 Å². The van der Waals surface area contributed by atoms with Gasteiger partial charge in [-0.3, -0.25) is 9.78 Å². The summed E-state index contributed by atoms with van der Waals surface area (Å²) in [6, 6.07) is 13.3. The van der Waals surface area contributed by atoms with E-state index in [-0.39, 0.29) is 42.7 Å². The molecule has 1 heterocycles. The van der Waals surface area contributed by atoms with Crippen LogP contribution >= 0.6 is 24.8 Å². The number of hydrogen-bond donors (Lipinski definition) is 2. The Kier molecular flexibility index (Phi) is 10.8. The van der Waals surface area contributed by atoms with Gasteiger partial charge in [0.1, 0.15) is 12.4 Å². The Morgan fingerprint density at radius 1 is 1.20 bits per heavy atom. The van der Waals surface area contributed by atoms with Gasteiger partial charge in [0.15, 0.2) is 0 Å². The lowest BCUT2D eigenvalue weighted by molar-refractivity contribution is -0.124. The van der Waals surface area contributed by atoms with Crippen LogP contribution in [0.25, 0.3) is 0 Å². The number of aromatic nitrogens is 1. The first-order chi connectivity index (χ1) is 11.1. The summed E-state index contributed by atoms with van der Waals surface area (Å²) in [5.41, 5.74) is 7.38. The molecule has 138 valence electrons. The number of ether oxygens (including phenoxy) is 1. The first kappa shape index (κ1) is 23.2. The molecule has 2 atom stereocenters. The second-order valence-electron chi connectivity index (χ2n) is 5.55. The number of benzene rings is 1. The van der Waals surface area contributed by atoms with Crippen LogP contribution in [0.2, 0.25) is 0 Å². The van der Waals surface area contributed by atoms with Gasteiger partial charge in [0.2, 0.25) is 5.91 Å². The number of nitrogens with two attached hydrogens (primary N) is 1. The summed E-state index contributed by atoms with van der Waals surface area (Å²) in [4.78, 5) is 16.1. The minimum atomic E-state index is -0.193. The van der Waals surface area contributed by atoms with E-state index in [9.17, 15) is 4.79 Å². The lowest BCUT2D eigenvalue weighted by Crippen LogP contribution is -2.34. The topological polar surface area (TPSA) is 77.2 Å². The van der Waals surface area contributed by atoms with Crippen LogP contribution in [0.15, 0.2) is 48.7 Å². The summed E-state index contributed by atoms with van der Waals surface area (Å²) >= 11 is 0. The molecule has 2 unspecified atom stereocenters. The maximum atomic E-state index is 11.9. The number of amides is 1. The van der Waals surface area contributed by atoms with Crippen molar-refractivity contribution in [2.24, 2.45) is 11.7 Å². The number of halogens is 2. The molecule has 2 rings (SSSR count). The van der Waals surface area contributed by atoms with Crippen LogP contribution in [-0.2, 0) is 11.4 Å². The second kappa shape index (κ2) is 11.7. The van der Waals surface area contributed by atoms with Gasteiger partial charge in [0, 0.05) is 18.7 Å². The maximum absolute atomic E-state index is 11.9. The van der Waals surface area contributed by atoms with Crippen LogP contribution in [-0.4, -0.2) is 17.4 Å². The van der Waals surface area contributed by atoms with E-state index in [0.29, 0.717) is 13.2 Å². The summed E-state index contributed by atoms with van der Waals surface area (Å²) < 4.78 is 5.76. The van der Waals surface area contributed by atoms with Crippen LogP contribution in [0.1, 0.15) is 31.1 Å². The summed E-state index contributed by atoms with van der Waals surface area (Å²) in [6.07, 6.45) is 1.74. The van der Waals surface area contributed by atoms with Crippen molar-refractivity contribution >= 4 is 30.7 Å². The van der Waals surface area contributed by atoms with Crippen molar-refractivity contribution in [1.29, 1.82) is 0 Å². The largest absolute Gasteiger partial charge is 0.487 e. The molecule has 0 fully saturated rings. The highest BCUT2D eigenvalue weighted by Crippen LogP contribution is 2.20. The number of carbonyl (C=O) groups is 1. The van der Waals surface area contributed by atoms with Crippen molar-refractivity contribution < 1.29 is 9.53 Å². The summed E-state index contributed by atoms with van der Waals surface area (Å²) in [5, 5.41) is 2.96. The fourth-order valence-corrected chi connectivity index (χ4v) is 2.06. The molecule has 7 heteroatoms. The molecular formula is C18H25Cl2N3O2. The van der Waals surface area contributed by atoms with Crippen molar-refractivity contribution in [1.82, 2.24) is 10.3 Å². The third kappa shape index (κ3) is 7.30. The molecule has 0 saturated carbocycles. The number of pyridine rings is 1. The lowest BCUT2D eigenvalue weighted by Gasteiger charge is -2.18. The van der Waals surface area contributed by atoms with E-state index >= 15 is 0 Å². The zero-order valence-electron chi connectivity index (χ0n) is 14.3. The van der Waals surface area contributed by atoms with Gasteiger partial charge in [-0.25, -0.2) is 0 Å². The van der Waals surface area contributed by atoms with E-state index in [2.05, 4.69) is 10.3 Å². The van der Waals surface area contributed by atoms with Crippen LogP contribution < -0.4 is 15.8 Å². The van der Waals surface area contributed by atoms with Crippen LogP contribution in [0, 0.1) is 5.92 Å². The second-order valence-corrected chi connectivity index (χ2v) is 5.55. The fraction of sp³-hybridized carbons (Fsp3) is 0.333. The molecule has 1 aromatic carbocycles. The standard InChI is InChI=1S/C18H23N3O2.2ClH/c1-13(11-19)18(22)21-14(2)15-6-5-8-17(10-15)23-12-16-7-3-4-9-20-16;;/h3-10,13-14H,11-12,19H2,1-2H3,(H,21,22);2*1H. The van der Waals surface area contributed by atoms with Gasteiger partial charge in [-0.15, -0.1) is 24.8 Å². The van der Waals surface area contributed by atoms with Gasteiger partial charge in [-0.2, -0.15) is 0 Å².